The van der Waals surface area contributed by atoms with Crippen LogP contribution < -0.4 is 10.0 Å². The molecule has 1 heterocycles. The first-order valence-electron chi connectivity index (χ1n) is 5.74. The molecule has 0 amide bonds. The van der Waals surface area contributed by atoms with Gasteiger partial charge in [0, 0.05) is 5.54 Å². The van der Waals surface area contributed by atoms with E-state index in [-0.39, 0.29) is 10.3 Å². The Morgan fingerprint density at radius 3 is 2.53 bits per heavy atom. The Morgan fingerprint density at radius 2 is 1.93 bits per heavy atom. The minimum Gasteiger partial charge on any atom is -0.317 e. The van der Waals surface area contributed by atoms with Gasteiger partial charge in [0.1, 0.15) is 0 Å². The summed E-state index contributed by atoms with van der Waals surface area (Å²) in [5.74, 6) is 0. The number of nitrogens with one attached hydrogen (secondary N) is 2. The highest BCUT2D eigenvalue weighted by Gasteiger charge is 2.31. The molecule has 1 aliphatic heterocycles. The van der Waals surface area contributed by atoms with E-state index in [9.17, 15) is 4.21 Å². The Hall–Kier alpha value is 0.0700. The zero-order valence-corrected chi connectivity index (χ0v) is 11.2. The fourth-order valence-electron chi connectivity index (χ4n) is 1.70. The van der Waals surface area contributed by atoms with E-state index < -0.39 is 11.0 Å². The van der Waals surface area contributed by atoms with Crippen molar-refractivity contribution in [3.05, 3.63) is 0 Å². The highest BCUT2D eigenvalue weighted by molar-refractivity contribution is 7.84. The summed E-state index contributed by atoms with van der Waals surface area (Å²) < 4.78 is 15.2. The van der Waals surface area contributed by atoms with E-state index >= 15 is 0 Å². The smallest absolute Gasteiger partial charge is 0.0975 e. The molecule has 4 heteroatoms. The van der Waals surface area contributed by atoms with Gasteiger partial charge in [-0.25, -0.2) is 8.93 Å². The first kappa shape index (κ1) is 13.1. The molecule has 3 nitrogen and oxygen atoms in total. The van der Waals surface area contributed by atoms with Crippen molar-refractivity contribution in [2.24, 2.45) is 0 Å². The Bertz CT molecular complexity index is 227. The SMILES string of the molecule is CC1(NS(=O)C(C)(C)C)CCCNCC1. The number of hydrogen-bond donors (Lipinski definition) is 2. The average Bonchev–Trinajstić information content (AvgIpc) is 2.28. The lowest BCUT2D eigenvalue weighted by atomic mass is 9.95. The largest absolute Gasteiger partial charge is 0.317 e. The molecule has 0 aromatic heterocycles. The van der Waals surface area contributed by atoms with Crippen LogP contribution in [0, 0.1) is 0 Å². The molecule has 2 N–H and O–H groups in total. The summed E-state index contributed by atoms with van der Waals surface area (Å²) in [7, 11) is -0.960. The van der Waals surface area contributed by atoms with E-state index in [0.29, 0.717) is 0 Å². The van der Waals surface area contributed by atoms with Crippen molar-refractivity contribution in [2.45, 2.75) is 57.2 Å². The minimum absolute atomic E-state index is 0.0294. The van der Waals surface area contributed by atoms with Crippen molar-refractivity contribution in [3.63, 3.8) is 0 Å². The molecule has 0 aromatic carbocycles. The van der Waals surface area contributed by atoms with Gasteiger partial charge in [0.05, 0.1) is 15.7 Å². The normalized spacial score (nSPS) is 30.9. The molecule has 2 unspecified atom stereocenters. The van der Waals surface area contributed by atoms with Crippen LogP contribution in [0.25, 0.3) is 0 Å². The molecule has 0 bridgehead atoms. The van der Waals surface area contributed by atoms with E-state index in [1.54, 1.807) is 0 Å². The highest BCUT2D eigenvalue weighted by Crippen LogP contribution is 2.21. The molecule has 1 rings (SSSR count). The summed E-state index contributed by atoms with van der Waals surface area (Å²) in [6.45, 7) is 10.3. The third kappa shape index (κ3) is 4.21. The first-order valence-corrected chi connectivity index (χ1v) is 6.89. The van der Waals surface area contributed by atoms with Crippen molar-refractivity contribution >= 4 is 11.0 Å². The second kappa shape index (κ2) is 4.93. The average molecular weight is 232 g/mol. The lowest BCUT2D eigenvalue weighted by molar-refractivity contribution is 0.380. The summed E-state index contributed by atoms with van der Waals surface area (Å²) in [5.41, 5.74) is 0.0294. The van der Waals surface area contributed by atoms with Gasteiger partial charge in [-0.05, 0) is 60.0 Å². The lowest BCUT2D eigenvalue weighted by Gasteiger charge is -2.32. The van der Waals surface area contributed by atoms with Gasteiger partial charge < -0.3 is 5.32 Å². The van der Waals surface area contributed by atoms with Gasteiger partial charge in [-0.2, -0.15) is 0 Å². The van der Waals surface area contributed by atoms with Crippen LogP contribution >= 0.6 is 0 Å². The molecular formula is C11H24N2OS. The molecule has 0 spiro atoms. The molecule has 1 saturated heterocycles. The van der Waals surface area contributed by atoms with Gasteiger partial charge in [0.25, 0.3) is 0 Å². The molecule has 0 radical (unpaired) electrons. The molecule has 1 aliphatic rings. The summed E-state index contributed by atoms with van der Waals surface area (Å²) in [6.07, 6.45) is 3.31. The zero-order valence-electron chi connectivity index (χ0n) is 10.4. The molecular weight excluding hydrogens is 208 g/mol. The van der Waals surface area contributed by atoms with Crippen molar-refractivity contribution in [1.29, 1.82) is 0 Å². The monoisotopic (exact) mass is 232 g/mol. The van der Waals surface area contributed by atoms with Gasteiger partial charge in [-0.3, -0.25) is 0 Å². The molecule has 0 aromatic rings. The second-order valence-corrected chi connectivity index (χ2v) is 7.61. The van der Waals surface area contributed by atoms with Crippen LogP contribution in [-0.2, 0) is 11.0 Å². The maximum Gasteiger partial charge on any atom is 0.0975 e. The maximum absolute atomic E-state index is 12.0. The Labute approximate surface area is 96.0 Å². The van der Waals surface area contributed by atoms with Crippen molar-refractivity contribution in [2.75, 3.05) is 13.1 Å². The standard InChI is InChI=1S/C11H24N2OS/c1-10(2,3)15(14)13-11(4)6-5-8-12-9-7-11/h12-13H,5-9H2,1-4H3. The molecule has 15 heavy (non-hydrogen) atoms. The highest BCUT2D eigenvalue weighted by atomic mass is 32.2. The summed E-state index contributed by atoms with van der Waals surface area (Å²) in [4.78, 5) is 0. The van der Waals surface area contributed by atoms with Crippen LogP contribution in [0.1, 0.15) is 47.0 Å². The van der Waals surface area contributed by atoms with Gasteiger partial charge >= 0.3 is 0 Å². The Balaban J connectivity index is 2.58. The van der Waals surface area contributed by atoms with Crippen LogP contribution in [-0.4, -0.2) is 27.6 Å². The van der Waals surface area contributed by atoms with Crippen LogP contribution in [0.3, 0.4) is 0 Å². The van der Waals surface area contributed by atoms with E-state index in [1.807, 2.05) is 20.8 Å². The van der Waals surface area contributed by atoms with Gasteiger partial charge in [0.15, 0.2) is 0 Å². The van der Waals surface area contributed by atoms with E-state index in [1.165, 1.54) is 0 Å². The van der Waals surface area contributed by atoms with E-state index in [4.69, 9.17) is 0 Å². The topological polar surface area (TPSA) is 41.1 Å². The lowest BCUT2D eigenvalue weighted by Crippen LogP contribution is -2.48. The van der Waals surface area contributed by atoms with Gasteiger partial charge in [-0.15, -0.1) is 0 Å². The second-order valence-electron chi connectivity index (χ2n) is 5.65. The molecule has 0 saturated carbocycles. The first-order chi connectivity index (χ1) is 6.83. The summed E-state index contributed by atoms with van der Waals surface area (Å²) in [5, 5.41) is 3.38. The zero-order chi connectivity index (χ0) is 11.5. The van der Waals surface area contributed by atoms with Crippen molar-refractivity contribution in [3.8, 4) is 0 Å². The van der Waals surface area contributed by atoms with E-state index in [2.05, 4.69) is 17.0 Å². The van der Waals surface area contributed by atoms with Crippen LogP contribution in [0.15, 0.2) is 0 Å². The molecule has 2 atom stereocenters. The Morgan fingerprint density at radius 1 is 1.27 bits per heavy atom. The fraction of sp³-hybridized carbons (Fsp3) is 1.00. The number of hydrogen-bond acceptors (Lipinski definition) is 2. The summed E-state index contributed by atoms with van der Waals surface area (Å²) in [6, 6.07) is 0. The number of rotatable bonds is 2. The third-order valence-electron chi connectivity index (χ3n) is 2.83. The van der Waals surface area contributed by atoms with Crippen LogP contribution in [0.5, 0.6) is 0 Å². The van der Waals surface area contributed by atoms with Crippen molar-refractivity contribution < 1.29 is 4.21 Å². The van der Waals surface area contributed by atoms with Gasteiger partial charge in [0.2, 0.25) is 0 Å². The van der Waals surface area contributed by atoms with E-state index in [0.717, 1.165) is 32.4 Å². The predicted molar refractivity (Wildman–Crippen MR) is 66.2 cm³/mol. The Kier molecular flexibility index (Phi) is 4.32. The summed E-state index contributed by atoms with van der Waals surface area (Å²) >= 11 is 0. The predicted octanol–water partition coefficient (Wildman–Crippen LogP) is 1.57. The van der Waals surface area contributed by atoms with Crippen LogP contribution in [0.2, 0.25) is 0 Å². The van der Waals surface area contributed by atoms with Crippen molar-refractivity contribution in [1.82, 2.24) is 10.0 Å². The third-order valence-corrected chi connectivity index (χ3v) is 4.62. The maximum atomic E-state index is 12.0. The molecule has 1 fully saturated rings. The minimum atomic E-state index is -0.960. The van der Waals surface area contributed by atoms with Gasteiger partial charge in [-0.1, -0.05) is 0 Å². The molecule has 90 valence electrons. The quantitative estimate of drug-likeness (QED) is 0.759. The molecule has 0 aliphatic carbocycles. The fourth-order valence-corrected chi connectivity index (χ4v) is 2.65. The van der Waals surface area contributed by atoms with Crippen LogP contribution in [0.4, 0.5) is 0 Å².